The number of hydrogen-bond donors (Lipinski definition) is 2. The number of methoxy groups -OCH3 is 1. The van der Waals surface area contributed by atoms with Crippen molar-refractivity contribution in [1.29, 1.82) is 0 Å². The first-order valence-corrected chi connectivity index (χ1v) is 8.05. The third kappa shape index (κ3) is 3.09. The van der Waals surface area contributed by atoms with Crippen LogP contribution in [0.2, 0.25) is 0 Å². The predicted octanol–water partition coefficient (Wildman–Crippen LogP) is 3.53. The largest absolute Gasteiger partial charge is 0.496 e. The molecule has 3 rings (SSSR count). The maximum Gasteiger partial charge on any atom is 0.235 e. The Bertz CT molecular complexity index is 803. The average molecular weight is 347 g/mol. The number of halogens is 2. The third-order valence-electron chi connectivity index (χ3n) is 4.80. The fourth-order valence-electron chi connectivity index (χ4n) is 3.26. The molecule has 132 valence electrons. The maximum atomic E-state index is 14.2. The van der Waals surface area contributed by atoms with Crippen molar-refractivity contribution in [2.45, 2.75) is 31.3 Å². The highest BCUT2D eigenvalue weighted by Gasteiger charge is 2.47. The zero-order valence-corrected chi connectivity index (χ0v) is 13.8. The van der Waals surface area contributed by atoms with Crippen molar-refractivity contribution < 1.29 is 23.4 Å². The molecule has 0 spiro atoms. The first kappa shape index (κ1) is 17.4. The molecular formula is C19H19F2NO3. The summed E-state index contributed by atoms with van der Waals surface area (Å²) < 4.78 is 32.5. The Morgan fingerprint density at radius 1 is 1.24 bits per heavy atom. The van der Waals surface area contributed by atoms with E-state index in [1.54, 1.807) is 18.2 Å². The molecule has 0 heterocycles. The van der Waals surface area contributed by atoms with E-state index in [1.165, 1.54) is 19.2 Å². The topological polar surface area (TPSA) is 58.6 Å². The molecule has 1 amide bonds. The lowest BCUT2D eigenvalue weighted by Crippen LogP contribution is -2.46. The Morgan fingerprint density at radius 3 is 2.56 bits per heavy atom. The molecule has 0 unspecified atom stereocenters. The van der Waals surface area contributed by atoms with Crippen LogP contribution in [0.15, 0.2) is 36.4 Å². The van der Waals surface area contributed by atoms with Crippen molar-refractivity contribution in [3.8, 4) is 5.75 Å². The van der Waals surface area contributed by atoms with E-state index in [0.29, 0.717) is 29.8 Å². The standard InChI is InChI=1S/C19H19F2NO3/c1-25-17-6-4-14(9-12(17)11-23)22-18(24)19(7-2-8-19)15-5-3-13(20)10-16(15)21/h3-6,9-10,23H,2,7-8,11H2,1H3,(H,22,24). The zero-order chi connectivity index (χ0) is 18.0. The number of amides is 1. The Kier molecular flexibility index (Phi) is 4.72. The smallest absolute Gasteiger partial charge is 0.235 e. The van der Waals surface area contributed by atoms with Gasteiger partial charge in [-0.15, -0.1) is 0 Å². The number of rotatable bonds is 5. The molecule has 1 fully saturated rings. The number of nitrogens with one attached hydrogen (secondary N) is 1. The van der Waals surface area contributed by atoms with Crippen molar-refractivity contribution in [3.05, 3.63) is 59.2 Å². The highest BCUT2D eigenvalue weighted by molar-refractivity contribution is 6.00. The number of aliphatic hydroxyl groups excluding tert-OH is 1. The van der Waals surface area contributed by atoms with Gasteiger partial charge in [-0.05, 0) is 37.1 Å². The van der Waals surface area contributed by atoms with Gasteiger partial charge in [-0.3, -0.25) is 4.79 Å². The van der Waals surface area contributed by atoms with E-state index < -0.39 is 17.0 Å². The minimum Gasteiger partial charge on any atom is -0.496 e. The SMILES string of the molecule is COc1ccc(NC(=O)C2(c3ccc(F)cc3F)CCC2)cc1CO. The molecule has 4 nitrogen and oxygen atoms in total. The molecule has 6 heteroatoms. The molecule has 2 aromatic carbocycles. The van der Waals surface area contributed by atoms with Crippen LogP contribution in [0.5, 0.6) is 5.75 Å². The van der Waals surface area contributed by atoms with E-state index in [1.807, 2.05) is 0 Å². The summed E-state index contributed by atoms with van der Waals surface area (Å²) >= 11 is 0. The molecule has 0 radical (unpaired) electrons. The number of carbonyl (C=O) groups excluding carboxylic acids is 1. The Hall–Kier alpha value is -2.47. The number of anilines is 1. The number of hydrogen-bond acceptors (Lipinski definition) is 3. The van der Waals surface area contributed by atoms with E-state index >= 15 is 0 Å². The van der Waals surface area contributed by atoms with Gasteiger partial charge in [0.15, 0.2) is 0 Å². The number of aliphatic hydroxyl groups is 1. The molecular weight excluding hydrogens is 328 g/mol. The lowest BCUT2D eigenvalue weighted by atomic mass is 9.63. The van der Waals surface area contributed by atoms with Gasteiger partial charge in [0.2, 0.25) is 5.91 Å². The Balaban J connectivity index is 1.88. The van der Waals surface area contributed by atoms with Gasteiger partial charge < -0.3 is 15.2 Å². The minimum atomic E-state index is -0.989. The molecule has 0 atom stereocenters. The number of ether oxygens (including phenoxy) is 1. The third-order valence-corrected chi connectivity index (χ3v) is 4.80. The first-order valence-electron chi connectivity index (χ1n) is 8.05. The van der Waals surface area contributed by atoms with Crippen LogP contribution in [0.4, 0.5) is 14.5 Å². The van der Waals surface area contributed by atoms with E-state index in [4.69, 9.17) is 4.74 Å². The molecule has 1 saturated carbocycles. The second-order valence-corrected chi connectivity index (χ2v) is 6.20. The van der Waals surface area contributed by atoms with Gasteiger partial charge in [-0.2, -0.15) is 0 Å². The van der Waals surface area contributed by atoms with Gasteiger partial charge in [0.1, 0.15) is 17.4 Å². The van der Waals surface area contributed by atoms with Crippen LogP contribution in [0.25, 0.3) is 0 Å². The van der Waals surface area contributed by atoms with Gasteiger partial charge in [0.05, 0.1) is 19.1 Å². The van der Waals surface area contributed by atoms with Crippen molar-refractivity contribution >= 4 is 11.6 Å². The Morgan fingerprint density at radius 2 is 2.00 bits per heavy atom. The predicted molar refractivity (Wildman–Crippen MR) is 89.4 cm³/mol. The van der Waals surface area contributed by atoms with Crippen molar-refractivity contribution in [2.75, 3.05) is 12.4 Å². The lowest BCUT2D eigenvalue weighted by Gasteiger charge is -2.40. The summed E-state index contributed by atoms with van der Waals surface area (Å²) in [6.45, 7) is -0.232. The normalized spacial score (nSPS) is 15.4. The summed E-state index contributed by atoms with van der Waals surface area (Å²) in [5, 5.41) is 12.2. The zero-order valence-electron chi connectivity index (χ0n) is 13.8. The molecule has 0 aliphatic heterocycles. The molecule has 25 heavy (non-hydrogen) atoms. The van der Waals surface area contributed by atoms with Gasteiger partial charge in [0, 0.05) is 22.9 Å². The molecule has 1 aliphatic carbocycles. The minimum absolute atomic E-state index is 0.216. The monoisotopic (exact) mass is 347 g/mol. The average Bonchev–Trinajstić information content (AvgIpc) is 2.55. The maximum absolute atomic E-state index is 14.2. The second kappa shape index (κ2) is 6.80. The van der Waals surface area contributed by atoms with Crippen LogP contribution in [-0.2, 0) is 16.8 Å². The van der Waals surface area contributed by atoms with Crippen LogP contribution in [0.3, 0.4) is 0 Å². The molecule has 0 aromatic heterocycles. The van der Waals surface area contributed by atoms with Gasteiger partial charge in [0.25, 0.3) is 0 Å². The van der Waals surface area contributed by atoms with Crippen LogP contribution in [0.1, 0.15) is 30.4 Å². The van der Waals surface area contributed by atoms with Crippen molar-refractivity contribution in [1.82, 2.24) is 0 Å². The summed E-state index contributed by atoms with van der Waals surface area (Å²) in [6.07, 6.45) is 1.81. The summed E-state index contributed by atoms with van der Waals surface area (Å²) in [5.74, 6) is -1.19. The van der Waals surface area contributed by atoms with Crippen LogP contribution < -0.4 is 10.1 Å². The number of carbonyl (C=O) groups is 1. The molecule has 1 aliphatic rings. The summed E-state index contributed by atoms with van der Waals surface area (Å²) in [5.41, 5.74) is 0.255. The second-order valence-electron chi connectivity index (χ2n) is 6.20. The van der Waals surface area contributed by atoms with Gasteiger partial charge in [-0.25, -0.2) is 8.78 Å². The molecule has 0 bridgehead atoms. The lowest BCUT2D eigenvalue weighted by molar-refractivity contribution is -0.124. The highest BCUT2D eigenvalue weighted by atomic mass is 19.1. The highest BCUT2D eigenvalue weighted by Crippen LogP contribution is 2.45. The fourth-order valence-corrected chi connectivity index (χ4v) is 3.26. The quantitative estimate of drug-likeness (QED) is 0.870. The van der Waals surface area contributed by atoms with Gasteiger partial charge in [-0.1, -0.05) is 12.5 Å². The fraction of sp³-hybridized carbons (Fsp3) is 0.316. The van der Waals surface area contributed by atoms with Crippen molar-refractivity contribution in [3.63, 3.8) is 0 Å². The van der Waals surface area contributed by atoms with E-state index in [2.05, 4.69) is 5.32 Å². The number of benzene rings is 2. The van der Waals surface area contributed by atoms with Crippen molar-refractivity contribution in [2.24, 2.45) is 0 Å². The summed E-state index contributed by atoms with van der Waals surface area (Å²) in [7, 11) is 1.49. The molecule has 2 aromatic rings. The molecule has 0 saturated heterocycles. The van der Waals surface area contributed by atoms with E-state index in [0.717, 1.165) is 12.5 Å². The van der Waals surface area contributed by atoms with E-state index in [-0.39, 0.29) is 18.1 Å². The molecule has 2 N–H and O–H groups in total. The Labute approximate surface area is 144 Å². The van der Waals surface area contributed by atoms with Crippen LogP contribution in [0, 0.1) is 11.6 Å². The summed E-state index contributed by atoms with van der Waals surface area (Å²) in [6, 6.07) is 8.24. The van der Waals surface area contributed by atoms with Crippen LogP contribution >= 0.6 is 0 Å². The van der Waals surface area contributed by atoms with Crippen LogP contribution in [-0.4, -0.2) is 18.1 Å². The first-order chi connectivity index (χ1) is 12.0. The van der Waals surface area contributed by atoms with E-state index in [9.17, 15) is 18.7 Å². The van der Waals surface area contributed by atoms with Gasteiger partial charge >= 0.3 is 0 Å². The summed E-state index contributed by atoms with van der Waals surface area (Å²) in [4.78, 5) is 12.8.